The lowest BCUT2D eigenvalue weighted by atomic mass is 9.87. The molecule has 3 atom stereocenters. The molecule has 11 heteroatoms. The molecule has 4 aliphatic rings. The van der Waals surface area contributed by atoms with Crippen molar-refractivity contribution in [2.24, 2.45) is 5.92 Å². The summed E-state index contributed by atoms with van der Waals surface area (Å²) in [5.41, 5.74) is 1.08. The number of ether oxygens (including phenoxy) is 1. The molecule has 1 aromatic carbocycles. The molecule has 5 rings (SSSR count). The van der Waals surface area contributed by atoms with Crippen LogP contribution in [0.25, 0.3) is 0 Å². The van der Waals surface area contributed by atoms with Crippen LogP contribution in [0.15, 0.2) is 24.3 Å². The van der Waals surface area contributed by atoms with Crippen LogP contribution in [-0.2, 0) is 16.0 Å². The second kappa shape index (κ2) is 15.9. The quantitative estimate of drug-likeness (QED) is 0.397. The standard InChI is InChI=1S/C33H50ClN5O4.ClH/c1-23-22-37(18-17-30(23)39(32(41)36(2)3)28-7-5-4-6-8-28)31(40)29(21-24-9-11-25(34)12-10-24)35-26-13-15-27(16-14-26)38-19-20-43-33(38)42;/h9-12,23,26-30,35H,4-8,13-22H2,1-3H3;1H/t23-,26?,27?,29+,30-;/m0./s1. The van der Waals surface area contributed by atoms with Gasteiger partial charge in [-0.1, -0.05) is 49.9 Å². The Morgan fingerprint density at radius 1 is 1.00 bits per heavy atom. The van der Waals surface area contributed by atoms with Gasteiger partial charge in [0, 0.05) is 56.4 Å². The fraction of sp³-hybridized carbons (Fsp3) is 0.727. The van der Waals surface area contributed by atoms with Gasteiger partial charge in [0.15, 0.2) is 0 Å². The van der Waals surface area contributed by atoms with Crippen LogP contribution in [0.3, 0.4) is 0 Å². The van der Waals surface area contributed by atoms with E-state index in [1.165, 1.54) is 19.3 Å². The number of amides is 4. The number of rotatable bonds is 8. The van der Waals surface area contributed by atoms with E-state index in [0.29, 0.717) is 37.7 Å². The van der Waals surface area contributed by atoms with Crippen molar-refractivity contribution < 1.29 is 19.1 Å². The van der Waals surface area contributed by atoms with E-state index >= 15 is 0 Å². The summed E-state index contributed by atoms with van der Waals surface area (Å²) in [7, 11) is 3.69. The Labute approximate surface area is 274 Å². The third-order valence-electron chi connectivity index (χ3n) is 10.1. The van der Waals surface area contributed by atoms with Gasteiger partial charge in [-0.05, 0) is 75.0 Å². The van der Waals surface area contributed by atoms with Gasteiger partial charge < -0.3 is 29.7 Å². The van der Waals surface area contributed by atoms with Crippen LogP contribution in [0.5, 0.6) is 0 Å². The first-order valence-electron chi connectivity index (χ1n) is 16.4. The monoisotopic (exact) mass is 651 g/mol. The number of hydrogen-bond acceptors (Lipinski definition) is 5. The summed E-state index contributed by atoms with van der Waals surface area (Å²) in [6.45, 7) is 4.66. The van der Waals surface area contributed by atoms with Crippen LogP contribution in [0.2, 0.25) is 5.02 Å². The summed E-state index contributed by atoms with van der Waals surface area (Å²) in [5.74, 6) is 0.323. The highest BCUT2D eigenvalue weighted by molar-refractivity contribution is 6.30. The maximum atomic E-state index is 14.2. The first-order valence-corrected chi connectivity index (χ1v) is 16.8. The number of likely N-dealkylation sites (tertiary alicyclic amines) is 1. The molecule has 246 valence electrons. The van der Waals surface area contributed by atoms with Crippen LogP contribution in [0.4, 0.5) is 9.59 Å². The highest BCUT2D eigenvalue weighted by Crippen LogP contribution is 2.32. The zero-order valence-electron chi connectivity index (χ0n) is 26.6. The van der Waals surface area contributed by atoms with Gasteiger partial charge in [-0.2, -0.15) is 0 Å². The topological polar surface area (TPSA) is 85.4 Å². The Balaban J connectivity index is 0.00000442. The molecule has 2 saturated carbocycles. The summed E-state index contributed by atoms with van der Waals surface area (Å²) in [6.07, 6.45) is 10.6. The fourth-order valence-corrected chi connectivity index (χ4v) is 7.90. The van der Waals surface area contributed by atoms with Crippen LogP contribution in [0.1, 0.15) is 76.7 Å². The molecule has 9 nitrogen and oxygen atoms in total. The second-order valence-corrected chi connectivity index (χ2v) is 13.8. The molecule has 4 fully saturated rings. The van der Waals surface area contributed by atoms with Crippen molar-refractivity contribution in [3.8, 4) is 0 Å². The third-order valence-corrected chi connectivity index (χ3v) is 10.4. The first-order chi connectivity index (χ1) is 20.7. The number of hydrogen-bond donors (Lipinski definition) is 1. The van der Waals surface area contributed by atoms with E-state index < -0.39 is 0 Å². The van der Waals surface area contributed by atoms with E-state index in [2.05, 4.69) is 17.1 Å². The summed E-state index contributed by atoms with van der Waals surface area (Å²) in [5, 5.41) is 4.43. The highest BCUT2D eigenvalue weighted by atomic mass is 35.5. The number of cyclic esters (lactones) is 1. The van der Waals surface area contributed by atoms with Crippen molar-refractivity contribution in [3.63, 3.8) is 0 Å². The van der Waals surface area contributed by atoms with Gasteiger partial charge in [0.25, 0.3) is 0 Å². The Morgan fingerprint density at radius 2 is 1.68 bits per heavy atom. The smallest absolute Gasteiger partial charge is 0.410 e. The third kappa shape index (κ3) is 8.32. The van der Waals surface area contributed by atoms with Crippen LogP contribution in [0, 0.1) is 5.92 Å². The van der Waals surface area contributed by atoms with Crippen molar-refractivity contribution in [3.05, 3.63) is 34.9 Å². The average molecular weight is 653 g/mol. The van der Waals surface area contributed by atoms with E-state index in [-0.39, 0.29) is 66.6 Å². The summed E-state index contributed by atoms with van der Waals surface area (Å²) >= 11 is 6.16. The van der Waals surface area contributed by atoms with Crippen molar-refractivity contribution in [1.82, 2.24) is 24.9 Å². The van der Waals surface area contributed by atoms with Crippen LogP contribution in [-0.4, -0.2) is 108 Å². The molecule has 2 aliphatic carbocycles. The molecular formula is C33H51Cl2N5O4. The number of urea groups is 1. The largest absolute Gasteiger partial charge is 0.448 e. The summed E-state index contributed by atoms with van der Waals surface area (Å²) in [4.78, 5) is 47.5. The Kier molecular flexibility index (Phi) is 12.5. The highest BCUT2D eigenvalue weighted by Gasteiger charge is 2.41. The van der Waals surface area contributed by atoms with E-state index in [0.717, 1.165) is 50.5 Å². The van der Waals surface area contributed by atoms with Gasteiger partial charge >= 0.3 is 12.1 Å². The van der Waals surface area contributed by atoms with Gasteiger partial charge in [0.1, 0.15) is 6.61 Å². The molecule has 44 heavy (non-hydrogen) atoms. The molecule has 2 aliphatic heterocycles. The molecule has 0 spiro atoms. The van der Waals surface area contributed by atoms with Crippen molar-refractivity contribution >= 4 is 42.0 Å². The molecule has 2 heterocycles. The van der Waals surface area contributed by atoms with Crippen LogP contribution < -0.4 is 5.32 Å². The number of carbonyl (C=O) groups excluding carboxylic acids is 3. The van der Waals surface area contributed by atoms with Gasteiger partial charge in [0.2, 0.25) is 5.91 Å². The lowest BCUT2D eigenvalue weighted by Gasteiger charge is -2.48. The zero-order chi connectivity index (χ0) is 30.5. The molecule has 1 N–H and O–H groups in total. The Bertz CT molecular complexity index is 1110. The lowest BCUT2D eigenvalue weighted by molar-refractivity contribution is -0.136. The van der Waals surface area contributed by atoms with E-state index in [9.17, 15) is 14.4 Å². The minimum absolute atomic E-state index is 0. The molecule has 4 amide bonds. The molecule has 0 aromatic heterocycles. The average Bonchev–Trinajstić information content (AvgIpc) is 3.45. The molecule has 0 unspecified atom stereocenters. The minimum Gasteiger partial charge on any atom is -0.448 e. The zero-order valence-corrected chi connectivity index (χ0v) is 28.2. The number of halogens is 2. The van der Waals surface area contributed by atoms with Gasteiger partial charge in [-0.15, -0.1) is 12.4 Å². The summed E-state index contributed by atoms with van der Waals surface area (Å²) in [6, 6.07) is 8.38. The molecule has 0 bridgehead atoms. The SMILES string of the molecule is C[C@H]1CN(C(=O)[C@@H](Cc2ccc(Cl)cc2)NC2CCC(N3CCOC3=O)CC2)CC[C@@H]1N(C(=O)N(C)C)C1CCCCC1.Cl. The summed E-state index contributed by atoms with van der Waals surface area (Å²) < 4.78 is 5.16. The molecular weight excluding hydrogens is 601 g/mol. The predicted octanol–water partition coefficient (Wildman–Crippen LogP) is 5.58. The van der Waals surface area contributed by atoms with Crippen molar-refractivity contribution in [2.45, 2.75) is 108 Å². The van der Waals surface area contributed by atoms with Gasteiger partial charge in [-0.3, -0.25) is 4.79 Å². The number of nitrogens with one attached hydrogen (secondary N) is 1. The van der Waals surface area contributed by atoms with Crippen molar-refractivity contribution in [2.75, 3.05) is 40.3 Å². The van der Waals surface area contributed by atoms with E-state index in [1.807, 2.05) is 48.2 Å². The molecule has 2 saturated heterocycles. The van der Waals surface area contributed by atoms with Crippen LogP contribution >= 0.6 is 24.0 Å². The second-order valence-electron chi connectivity index (χ2n) is 13.4. The number of benzene rings is 1. The normalized spacial score (nSPS) is 26.9. The predicted molar refractivity (Wildman–Crippen MR) is 175 cm³/mol. The van der Waals surface area contributed by atoms with E-state index in [4.69, 9.17) is 16.3 Å². The fourth-order valence-electron chi connectivity index (χ4n) is 7.78. The Hall–Kier alpha value is -2.23. The number of carbonyl (C=O) groups is 3. The number of nitrogens with zero attached hydrogens (tertiary/aromatic N) is 4. The maximum Gasteiger partial charge on any atom is 0.410 e. The number of piperidine rings is 1. The first kappa shape index (κ1) is 34.6. The van der Waals surface area contributed by atoms with Gasteiger partial charge in [-0.25, -0.2) is 9.59 Å². The minimum atomic E-state index is -0.346. The Morgan fingerprint density at radius 3 is 2.27 bits per heavy atom. The van der Waals surface area contributed by atoms with Gasteiger partial charge in [0.05, 0.1) is 12.6 Å². The van der Waals surface area contributed by atoms with E-state index in [1.54, 1.807) is 4.90 Å². The maximum absolute atomic E-state index is 14.2. The molecule has 1 aromatic rings. The van der Waals surface area contributed by atoms with Crippen molar-refractivity contribution in [1.29, 1.82) is 0 Å². The molecule has 0 radical (unpaired) electrons. The lowest BCUT2D eigenvalue weighted by Crippen LogP contribution is -2.60.